The lowest BCUT2D eigenvalue weighted by Gasteiger charge is -2.23. The average Bonchev–Trinajstić information content (AvgIpc) is 3.02. The normalized spacial score (nSPS) is 20.6. The summed E-state index contributed by atoms with van der Waals surface area (Å²) in [5.74, 6) is 0.955. The van der Waals surface area contributed by atoms with E-state index in [-0.39, 0.29) is 12.6 Å². The highest BCUT2D eigenvalue weighted by atomic mass is 32.1. The Morgan fingerprint density at radius 1 is 1.59 bits per heavy atom. The molecule has 1 aliphatic rings. The molecule has 0 saturated carbocycles. The molecule has 2 aromatic rings. The number of hydrogen-bond donors (Lipinski definition) is 2. The van der Waals surface area contributed by atoms with Crippen molar-refractivity contribution < 1.29 is 5.11 Å². The van der Waals surface area contributed by atoms with Gasteiger partial charge in [-0.25, -0.2) is 4.98 Å². The van der Waals surface area contributed by atoms with Crippen molar-refractivity contribution in [3.63, 3.8) is 0 Å². The number of aromatic nitrogens is 2. The van der Waals surface area contributed by atoms with Crippen molar-refractivity contribution in [2.45, 2.75) is 25.4 Å². The highest BCUT2D eigenvalue weighted by Gasteiger charge is 2.28. The summed E-state index contributed by atoms with van der Waals surface area (Å²) >= 11 is 1.61. The van der Waals surface area contributed by atoms with Crippen molar-refractivity contribution in [3.05, 3.63) is 17.3 Å². The molecule has 5 nitrogen and oxygen atoms in total. The smallest absolute Gasteiger partial charge is 0.195 e. The van der Waals surface area contributed by atoms with Crippen LogP contribution >= 0.6 is 11.3 Å². The number of nitrogens with two attached hydrogens (primary N) is 1. The molecule has 92 valence electrons. The Bertz CT molecular complexity index is 520. The zero-order valence-electron chi connectivity index (χ0n) is 9.54. The number of rotatable bonds is 3. The summed E-state index contributed by atoms with van der Waals surface area (Å²) in [5, 5.41) is 11.4. The van der Waals surface area contributed by atoms with E-state index in [0.29, 0.717) is 6.54 Å². The summed E-state index contributed by atoms with van der Waals surface area (Å²) in [6.07, 6.45) is 4.15. The molecule has 0 bridgehead atoms. The molecule has 1 fully saturated rings. The summed E-state index contributed by atoms with van der Waals surface area (Å²) in [6, 6.07) is 0.199. The third kappa shape index (κ3) is 1.64. The van der Waals surface area contributed by atoms with Gasteiger partial charge in [0.2, 0.25) is 0 Å². The van der Waals surface area contributed by atoms with E-state index < -0.39 is 0 Å². The number of hydrogen-bond acceptors (Lipinski definition) is 5. The molecule has 6 heteroatoms. The minimum Gasteiger partial charge on any atom is -0.394 e. The SMILES string of the molecule is NCc1c(N2CCCC2CO)nc2sccn12. The third-order valence-corrected chi connectivity index (χ3v) is 4.15. The molecule has 17 heavy (non-hydrogen) atoms. The highest BCUT2D eigenvalue weighted by molar-refractivity contribution is 7.15. The lowest BCUT2D eigenvalue weighted by Crippen LogP contribution is -2.33. The van der Waals surface area contributed by atoms with Gasteiger partial charge in [-0.3, -0.25) is 4.40 Å². The van der Waals surface area contributed by atoms with Gasteiger partial charge in [0.25, 0.3) is 0 Å². The number of thiazole rings is 1. The molecule has 3 N–H and O–H groups in total. The van der Waals surface area contributed by atoms with E-state index in [4.69, 9.17) is 5.73 Å². The van der Waals surface area contributed by atoms with E-state index in [0.717, 1.165) is 35.9 Å². The molecular weight excluding hydrogens is 236 g/mol. The molecule has 0 aliphatic carbocycles. The van der Waals surface area contributed by atoms with Crippen LogP contribution in [0.25, 0.3) is 4.96 Å². The van der Waals surface area contributed by atoms with Crippen LogP contribution in [0.1, 0.15) is 18.5 Å². The minimum absolute atomic E-state index is 0.190. The van der Waals surface area contributed by atoms with E-state index in [2.05, 4.69) is 9.88 Å². The Morgan fingerprint density at radius 2 is 2.47 bits per heavy atom. The molecule has 3 heterocycles. The van der Waals surface area contributed by atoms with Gasteiger partial charge in [-0.15, -0.1) is 11.3 Å². The maximum Gasteiger partial charge on any atom is 0.195 e. The molecule has 1 saturated heterocycles. The number of aliphatic hydroxyl groups is 1. The van der Waals surface area contributed by atoms with Crippen molar-refractivity contribution in [1.29, 1.82) is 0 Å². The van der Waals surface area contributed by atoms with E-state index in [1.54, 1.807) is 11.3 Å². The quantitative estimate of drug-likeness (QED) is 0.848. The first-order chi connectivity index (χ1) is 8.35. The largest absolute Gasteiger partial charge is 0.394 e. The highest BCUT2D eigenvalue weighted by Crippen LogP contribution is 2.29. The molecule has 0 aromatic carbocycles. The maximum absolute atomic E-state index is 9.38. The van der Waals surface area contributed by atoms with Gasteiger partial charge < -0.3 is 15.7 Å². The molecule has 1 unspecified atom stereocenters. The van der Waals surface area contributed by atoms with Crippen LogP contribution in [0.4, 0.5) is 5.82 Å². The Balaban J connectivity index is 2.06. The van der Waals surface area contributed by atoms with E-state index in [9.17, 15) is 5.11 Å². The second-order valence-electron chi connectivity index (χ2n) is 4.31. The molecule has 0 radical (unpaired) electrons. The molecule has 0 spiro atoms. The minimum atomic E-state index is 0.190. The maximum atomic E-state index is 9.38. The summed E-state index contributed by atoms with van der Waals surface area (Å²) in [5.41, 5.74) is 6.87. The standard InChI is InChI=1S/C11H16N4OS/c12-6-9-10(13-11-15(9)4-5-17-11)14-3-1-2-8(14)7-16/h4-5,8,16H,1-3,6-7,12H2. The van der Waals surface area contributed by atoms with Gasteiger partial charge in [0.1, 0.15) is 0 Å². The van der Waals surface area contributed by atoms with Crippen LogP contribution in [0.2, 0.25) is 0 Å². The molecule has 1 atom stereocenters. The van der Waals surface area contributed by atoms with Crippen LogP contribution < -0.4 is 10.6 Å². The lowest BCUT2D eigenvalue weighted by molar-refractivity contribution is 0.266. The predicted octanol–water partition coefficient (Wildman–Crippen LogP) is 0.816. The van der Waals surface area contributed by atoms with E-state index in [1.807, 2.05) is 16.0 Å². The topological polar surface area (TPSA) is 66.8 Å². The Morgan fingerprint density at radius 3 is 3.24 bits per heavy atom. The van der Waals surface area contributed by atoms with Crippen molar-refractivity contribution in [2.24, 2.45) is 5.73 Å². The number of aliphatic hydroxyl groups excluding tert-OH is 1. The second kappa shape index (κ2) is 4.29. The predicted molar refractivity (Wildman–Crippen MR) is 68.4 cm³/mol. The number of imidazole rings is 1. The van der Waals surface area contributed by atoms with Crippen LogP contribution in [-0.2, 0) is 6.54 Å². The third-order valence-electron chi connectivity index (χ3n) is 3.39. The van der Waals surface area contributed by atoms with Gasteiger partial charge in [0, 0.05) is 24.7 Å². The van der Waals surface area contributed by atoms with Crippen LogP contribution in [0.3, 0.4) is 0 Å². The van der Waals surface area contributed by atoms with Crippen LogP contribution in [0, 0.1) is 0 Å². The molecular formula is C11H16N4OS. The first kappa shape index (κ1) is 11.0. The van der Waals surface area contributed by atoms with E-state index in [1.165, 1.54) is 0 Å². The fourth-order valence-electron chi connectivity index (χ4n) is 2.55. The van der Waals surface area contributed by atoms with Gasteiger partial charge >= 0.3 is 0 Å². The first-order valence-corrected chi connectivity index (χ1v) is 6.75. The first-order valence-electron chi connectivity index (χ1n) is 5.87. The number of anilines is 1. The lowest BCUT2D eigenvalue weighted by atomic mass is 10.2. The zero-order valence-corrected chi connectivity index (χ0v) is 10.4. The Hall–Kier alpha value is -1.11. The van der Waals surface area contributed by atoms with Crippen molar-refractivity contribution >= 4 is 22.1 Å². The van der Waals surface area contributed by atoms with Gasteiger partial charge in [-0.05, 0) is 12.8 Å². The number of nitrogens with zero attached hydrogens (tertiary/aromatic N) is 3. The molecule has 1 aliphatic heterocycles. The molecule has 0 amide bonds. The van der Waals surface area contributed by atoms with Crippen molar-refractivity contribution in [2.75, 3.05) is 18.1 Å². The van der Waals surface area contributed by atoms with Gasteiger partial charge in [0.05, 0.1) is 18.3 Å². The van der Waals surface area contributed by atoms with Crippen LogP contribution in [0.15, 0.2) is 11.6 Å². The summed E-state index contributed by atoms with van der Waals surface area (Å²) in [6.45, 7) is 1.63. The molecule has 3 rings (SSSR count). The Labute approximate surface area is 103 Å². The summed E-state index contributed by atoms with van der Waals surface area (Å²) in [4.78, 5) is 7.81. The van der Waals surface area contributed by atoms with E-state index >= 15 is 0 Å². The zero-order chi connectivity index (χ0) is 11.8. The van der Waals surface area contributed by atoms with Gasteiger partial charge in [-0.1, -0.05) is 0 Å². The average molecular weight is 252 g/mol. The van der Waals surface area contributed by atoms with Gasteiger partial charge in [0.15, 0.2) is 10.8 Å². The fourth-order valence-corrected chi connectivity index (χ4v) is 3.27. The van der Waals surface area contributed by atoms with Crippen molar-refractivity contribution in [3.8, 4) is 0 Å². The van der Waals surface area contributed by atoms with Gasteiger partial charge in [-0.2, -0.15) is 0 Å². The van der Waals surface area contributed by atoms with Crippen LogP contribution in [0.5, 0.6) is 0 Å². The second-order valence-corrected chi connectivity index (χ2v) is 5.19. The fraction of sp³-hybridized carbons (Fsp3) is 0.545. The summed E-state index contributed by atoms with van der Waals surface area (Å²) < 4.78 is 2.05. The molecule has 2 aromatic heterocycles. The number of fused-ring (bicyclic) bond motifs is 1. The summed E-state index contributed by atoms with van der Waals surface area (Å²) in [7, 11) is 0. The van der Waals surface area contributed by atoms with Crippen molar-refractivity contribution in [1.82, 2.24) is 9.38 Å². The van der Waals surface area contributed by atoms with Crippen LogP contribution in [-0.4, -0.2) is 33.7 Å². The Kier molecular flexibility index (Phi) is 2.78. The monoisotopic (exact) mass is 252 g/mol.